The van der Waals surface area contributed by atoms with Crippen LogP contribution >= 0.6 is 0 Å². The number of aromatic nitrogens is 1. The van der Waals surface area contributed by atoms with Gasteiger partial charge in [-0.2, -0.15) is 0 Å². The van der Waals surface area contributed by atoms with Crippen LogP contribution < -0.4 is 15.4 Å². The highest BCUT2D eigenvalue weighted by Gasteiger charge is 2.27. The zero-order chi connectivity index (χ0) is 13.2. The van der Waals surface area contributed by atoms with Crippen molar-refractivity contribution in [1.82, 2.24) is 4.98 Å². The second-order valence-corrected chi connectivity index (χ2v) is 4.23. The lowest BCUT2D eigenvalue weighted by atomic mass is 10.1. The van der Waals surface area contributed by atoms with Gasteiger partial charge in [0.2, 0.25) is 5.88 Å². The summed E-state index contributed by atoms with van der Waals surface area (Å²) in [7, 11) is 0. The van der Waals surface area contributed by atoms with Gasteiger partial charge in [0.15, 0.2) is 0 Å². The van der Waals surface area contributed by atoms with E-state index in [-0.39, 0.29) is 5.91 Å². The first-order valence-corrected chi connectivity index (χ1v) is 6.01. The van der Waals surface area contributed by atoms with Crippen LogP contribution in [0.1, 0.15) is 10.4 Å². The SMILES string of the molecule is Nc1ccnc2c1N(C(=O)c1ccccc1)CCO2. The van der Waals surface area contributed by atoms with Gasteiger partial charge in [-0.1, -0.05) is 18.2 Å². The molecule has 1 aromatic carbocycles. The van der Waals surface area contributed by atoms with Crippen molar-refractivity contribution in [3.63, 3.8) is 0 Å². The first kappa shape index (κ1) is 11.5. The van der Waals surface area contributed by atoms with E-state index in [1.165, 1.54) is 0 Å². The molecule has 0 atom stereocenters. The predicted octanol–water partition coefficient (Wildman–Crippen LogP) is 1.70. The molecule has 19 heavy (non-hydrogen) atoms. The van der Waals surface area contributed by atoms with E-state index in [2.05, 4.69) is 4.98 Å². The molecule has 0 spiro atoms. The minimum Gasteiger partial charge on any atom is -0.474 e. The zero-order valence-electron chi connectivity index (χ0n) is 10.2. The third-order valence-electron chi connectivity index (χ3n) is 3.01. The highest BCUT2D eigenvalue weighted by atomic mass is 16.5. The normalized spacial score (nSPS) is 13.6. The molecule has 0 unspecified atom stereocenters. The third-order valence-corrected chi connectivity index (χ3v) is 3.01. The number of hydrogen-bond acceptors (Lipinski definition) is 4. The molecule has 2 N–H and O–H groups in total. The largest absolute Gasteiger partial charge is 0.474 e. The van der Waals surface area contributed by atoms with Crippen molar-refractivity contribution in [3.8, 4) is 5.88 Å². The second kappa shape index (κ2) is 4.61. The summed E-state index contributed by atoms with van der Waals surface area (Å²) in [5.74, 6) is 0.320. The molecule has 1 amide bonds. The van der Waals surface area contributed by atoms with Gasteiger partial charge in [-0.3, -0.25) is 9.69 Å². The predicted molar refractivity (Wildman–Crippen MR) is 72.3 cm³/mol. The highest BCUT2D eigenvalue weighted by Crippen LogP contribution is 2.35. The Morgan fingerprint density at radius 1 is 1.26 bits per heavy atom. The number of pyridine rings is 1. The lowest BCUT2D eigenvalue weighted by Gasteiger charge is -2.29. The van der Waals surface area contributed by atoms with E-state index in [1.54, 1.807) is 29.3 Å². The van der Waals surface area contributed by atoms with Crippen LogP contribution in [0.2, 0.25) is 0 Å². The van der Waals surface area contributed by atoms with Gasteiger partial charge in [0.05, 0.1) is 12.2 Å². The number of carbonyl (C=O) groups is 1. The van der Waals surface area contributed by atoms with Gasteiger partial charge in [-0.15, -0.1) is 0 Å². The first-order chi connectivity index (χ1) is 9.27. The number of amides is 1. The molecule has 0 saturated heterocycles. The molecule has 2 aromatic rings. The summed E-state index contributed by atoms with van der Waals surface area (Å²) in [4.78, 5) is 18.2. The average Bonchev–Trinajstić information content (AvgIpc) is 2.47. The molecular weight excluding hydrogens is 242 g/mol. The van der Waals surface area contributed by atoms with E-state index in [9.17, 15) is 4.79 Å². The lowest BCUT2D eigenvalue weighted by Crippen LogP contribution is -2.38. The number of nitrogens with two attached hydrogens (primary N) is 1. The molecule has 3 rings (SSSR count). The van der Waals surface area contributed by atoms with Gasteiger partial charge in [-0.25, -0.2) is 4.98 Å². The molecule has 0 radical (unpaired) electrons. The fraction of sp³-hybridized carbons (Fsp3) is 0.143. The molecule has 0 fully saturated rings. The molecule has 0 aliphatic carbocycles. The maximum absolute atomic E-state index is 12.5. The van der Waals surface area contributed by atoms with E-state index in [4.69, 9.17) is 10.5 Å². The van der Waals surface area contributed by atoms with Crippen molar-refractivity contribution in [2.45, 2.75) is 0 Å². The summed E-state index contributed by atoms with van der Waals surface area (Å²) in [5, 5.41) is 0. The summed E-state index contributed by atoms with van der Waals surface area (Å²) >= 11 is 0. The van der Waals surface area contributed by atoms with Crippen LogP contribution in [-0.4, -0.2) is 24.0 Å². The molecule has 1 aromatic heterocycles. The smallest absolute Gasteiger partial charge is 0.258 e. The Kier molecular flexibility index (Phi) is 2.79. The van der Waals surface area contributed by atoms with Crippen molar-refractivity contribution in [2.75, 3.05) is 23.8 Å². The number of rotatable bonds is 1. The van der Waals surface area contributed by atoms with Gasteiger partial charge in [0.25, 0.3) is 5.91 Å². The number of carbonyl (C=O) groups excluding carboxylic acids is 1. The van der Waals surface area contributed by atoms with Gasteiger partial charge >= 0.3 is 0 Å². The van der Waals surface area contributed by atoms with Crippen LogP contribution in [-0.2, 0) is 0 Å². The van der Waals surface area contributed by atoms with Crippen LogP contribution in [0.3, 0.4) is 0 Å². The fourth-order valence-electron chi connectivity index (χ4n) is 2.11. The van der Waals surface area contributed by atoms with Crippen LogP contribution in [0.4, 0.5) is 11.4 Å². The number of hydrogen-bond donors (Lipinski definition) is 1. The van der Waals surface area contributed by atoms with Crippen molar-refractivity contribution in [3.05, 3.63) is 48.2 Å². The number of nitrogens with zero attached hydrogens (tertiary/aromatic N) is 2. The number of anilines is 2. The summed E-state index contributed by atoms with van der Waals surface area (Å²) in [6.07, 6.45) is 1.57. The van der Waals surface area contributed by atoms with Crippen molar-refractivity contribution < 1.29 is 9.53 Å². The van der Waals surface area contributed by atoms with Crippen LogP contribution in [0.5, 0.6) is 5.88 Å². The topological polar surface area (TPSA) is 68.5 Å². The number of ether oxygens (including phenoxy) is 1. The minimum absolute atomic E-state index is 0.0927. The Labute approximate surface area is 110 Å². The summed E-state index contributed by atoms with van der Waals surface area (Å²) in [5.41, 5.74) is 7.61. The Bertz CT molecular complexity index is 613. The quantitative estimate of drug-likeness (QED) is 0.842. The van der Waals surface area contributed by atoms with E-state index in [0.717, 1.165) is 0 Å². The third kappa shape index (κ3) is 1.99. The van der Waals surface area contributed by atoms with E-state index in [0.29, 0.717) is 36.0 Å². The molecule has 1 aliphatic heterocycles. The number of benzene rings is 1. The van der Waals surface area contributed by atoms with Gasteiger partial charge in [0.1, 0.15) is 12.3 Å². The van der Waals surface area contributed by atoms with Gasteiger partial charge in [0, 0.05) is 11.8 Å². The lowest BCUT2D eigenvalue weighted by molar-refractivity contribution is 0.0976. The van der Waals surface area contributed by atoms with Crippen LogP contribution in [0.25, 0.3) is 0 Å². The Morgan fingerprint density at radius 3 is 2.84 bits per heavy atom. The molecule has 96 valence electrons. The van der Waals surface area contributed by atoms with Crippen LogP contribution in [0, 0.1) is 0 Å². The minimum atomic E-state index is -0.0927. The highest BCUT2D eigenvalue weighted by molar-refractivity contribution is 6.08. The van der Waals surface area contributed by atoms with Crippen molar-refractivity contribution in [1.29, 1.82) is 0 Å². The zero-order valence-corrected chi connectivity index (χ0v) is 10.2. The van der Waals surface area contributed by atoms with Gasteiger partial charge in [-0.05, 0) is 18.2 Å². The molecule has 5 nitrogen and oxygen atoms in total. The van der Waals surface area contributed by atoms with Crippen molar-refractivity contribution >= 4 is 17.3 Å². The first-order valence-electron chi connectivity index (χ1n) is 6.01. The molecule has 2 heterocycles. The molecule has 1 aliphatic rings. The Balaban J connectivity index is 2.03. The number of nitrogen functional groups attached to an aromatic ring is 1. The molecular formula is C14H13N3O2. The Morgan fingerprint density at radius 2 is 2.05 bits per heavy atom. The maximum Gasteiger partial charge on any atom is 0.258 e. The maximum atomic E-state index is 12.5. The second-order valence-electron chi connectivity index (χ2n) is 4.23. The summed E-state index contributed by atoms with van der Waals surface area (Å²) in [6, 6.07) is 10.8. The molecule has 0 bridgehead atoms. The molecule has 0 saturated carbocycles. The fourth-order valence-corrected chi connectivity index (χ4v) is 2.11. The summed E-state index contributed by atoms with van der Waals surface area (Å²) < 4.78 is 5.44. The van der Waals surface area contributed by atoms with E-state index < -0.39 is 0 Å². The monoisotopic (exact) mass is 255 g/mol. The van der Waals surface area contributed by atoms with E-state index in [1.807, 2.05) is 18.2 Å². The standard InChI is InChI=1S/C14H13N3O2/c15-11-6-7-16-13-12(11)17(8-9-19-13)14(18)10-4-2-1-3-5-10/h1-7H,8-9H2,(H2,15,16). The Hall–Kier alpha value is -2.56. The van der Waals surface area contributed by atoms with E-state index >= 15 is 0 Å². The summed E-state index contributed by atoms with van der Waals surface area (Å²) in [6.45, 7) is 0.888. The van der Waals surface area contributed by atoms with Gasteiger partial charge < -0.3 is 10.5 Å². The molecule has 5 heteroatoms. The van der Waals surface area contributed by atoms with Crippen molar-refractivity contribution in [2.24, 2.45) is 0 Å². The average molecular weight is 255 g/mol. The van der Waals surface area contributed by atoms with Crippen LogP contribution in [0.15, 0.2) is 42.6 Å². The number of fused-ring (bicyclic) bond motifs is 1.